The Morgan fingerprint density at radius 1 is 0.955 bits per heavy atom. The lowest BCUT2D eigenvalue weighted by Gasteiger charge is -2.34. The normalized spacial score (nSPS) is 17.1. The average molecular weight is 300 g/mol. The number of ether oxygens (including phenoxy) is 1. The highest BCUT2D eigenvalue weighted by Gasteiger charge is 2.17. The van der Waals surface area contributed by atoms with Crippen LogP contribution in [0.5, 0.6) is 5.75 Å². The molecule has 1 aliphatic heterocycles. The smallest absolute Gasteiger partial charge is 0.123 e. The first-order valence-corrected chi connectivity index (χ1v) is 7.91. The number of benzene rings is 2. The van der Waals surface area contributed by atoms with Gasteiger partial charge in [-0.25, -0.2) is 0 Å². The Labute approximate surface area is 131 Å². The minimum absolute atomic E-state index is 0.365. The predicted octanol–water partition coefficient (Wildman–Crippen LogP) is 2.31. The van der Waals surface area contributed by atoms with Crippen LogP contribution in [0.3, 0.4) is 0 Å². The topological polar surface area (TPSA) is 35.9 Å². The van der Waals surface area contributed by atoms with Crippen LogP contribution in [0.15, 0.2) is 36.4 Å². The van der Waals surface area contributed by atoms with Gasteiger partial charge in [0.15, 0.2) is 0 Å². The van der Waals surface area contributed by atoms with Crippen LogP contribution < -0.4 is 0 Å². The van der Waals surface area contributed by atoms with Crippen molar-refractivity contribution in [2.45, 2.75) is 6.54 Å². The largest absolute Gasteiger partial charge is 0.507 e. The first kappa shape index (κ1) is 15.3. The lowest BCUT2D eigenvalue weighted by molar-refractivity contribution is 0.0940. The summed E-state index contributed by atoms with van der Waals surface area (Å²) in [5.41, 5.74) is 1.29. The molecule has 0 bridgehead atoms. The van der Waals surface area contributed by atoms with E-state index in [0.717, 1.165) is 56.6 Å². The lowest BCUT2D eigenvalue weighted by Crippen LogP contribution is -2.46. The van der Waals surface area contributed by atoms with Crippen molar-refractivity contribution in [2.24, 2.45) is 0 Å². The fourth-order valence-electron chi connectivity index (χ4n) is 3.12. The van der Waals surface area contributed by atoms with Crippen LogP contribution in [0.25, 0.3) is 10.8 Å². The van der Waals surface area contributed by atoms with Gasteiger partial charge < -0.3 is 9.84 Å². The monoisotopic (exact) mass is 300 g/mol. The summed E-state index contributed by atoms with van der Waals surface area (Å²) >= 11 is 0. The highest BCUT2D eigenvalue weighted by atomic mass is 16.5. The Kier molecular flexibility index (Phi) is 4.93. The molecule has 0 aliphatic carbocycles. The van der Waals surface area contributed by atoms with Crippen LogP contribution in [0.1, 0.15) is 5.56 Å². The summed E-state index contributed by atoms with van der Waals surface area (Å²) in [5, 5.41) is 12.1. The zero-order chi connectivity index (χ0) is 15.4. The summed E-state index contributed by atoms with van der Waals surface area (Å²) in [6, 6.07) is 12.0. The summed E-state index contributed by atoms with van der Waals surface area (Å²) in [7, 11) is 1.76. The lowest BCUT2D eigenvalue weighted by atomic mass is 10.0. The van der Waals surface area contributed by atoms with Gasteiger partial charge in [-0.2, -0.15) is 0 Å². The van der Waals surface area contributed by atoms with E-state index in [9.17, 15) is 5.11 Å². The molecule has 0 aromatic heterocycles. The number of nitrogens with zero attached hydrogens (tertiary/aromatic N) is 2. The Bertz CT molecular complexity index is 622. The van der Waals surface area contributed by atoms with Crippen LogP contribution >= 0.6 is 0 Å². The summed E-state index contributed by atoms with van der Waals surface area (Å²) in [4.78, 5) is 4.94. The molecule has 0 amide bonds. The second-order valence-electron chi connectivity index (χ2n) is 5.90. The van der Waals surface area contributed by atoms with Gasteiger partial charge in [0.25, 0.3) is 0 Å². The average Bonchev–Trinajstić information content (AvgIpc) is 2.57. The first-order valence-electron chi connectivity index (χ1n) is 7.91. The van der Waals surface area contributed by atoms with Crippen LogP contribution in [-0.4, -0.2) is 61.3 Å². The van der Waals surface area contributed by atoms with E-state index in [1.165, 1.54) is 5.56 Å². The highest BCUT2D eigenvalue weighted by Crippen LogP contribution is 2.28. The molecule has 2 aromatic rings. The van der Waals surface area contributed by atoms with E-state index in [-0.39, 0.29) is 0 Å². The number of hydrogen-bond donors (Lipinski definition) is 1. The number of phenolic OH excluding ortho intramolecular Hbond substituents is 1. The zero-order valence-corrected chi connectivity index (χ0v) is 13.2. The molecule has 1 aliphatic rings. The third-order valence-corrected chi connectivity index (χ3v) is 4.46. The van der Waals surface area contributed by atoms with Gasteiger partial charge in [0.05, 0.1) is 6.61 Å². The van der Waals surface area contributed by atoms with E-state index in [1.54, 1.807) is 7.11 Å². The van der Waals surface area contributed by atoms with Crippen LogP contribution in [0.2, 0.25) is 0 Å². The van der Waals surface area contributed by atoms with E-state index < -0.39 is 0 Å². The minimum Gasteiger partial charge on any atom is -0.507 e. The molecule has 22 heavy (non-hydrogen) atoms. The Hall–Kier alpha value is -1.62. The summed E-state index contributed by atoms with van der Waals surface area (Å²) in [6.45, 7) is 7.13. The maximum atomic E-state index is 9.99. The van der Waals surface area contributed by atoms with Crippen molar-refractivity contribution in [3.63, 3.8) is 0 Å². The summed E-state index contributed by atoms with van der Waals surface area (Å²) in [6.07, 6.45) is 0. The molecule has 1 heterocycles. The zero-order valence-electron chi connectivity index (χ0n) is 13.2. The molecule has 0 spiro atoms. The van der Waals surface area contributed by atoms with Crippen molar-refractivity contribution in [3.05, 3.63) is 42.0 Å². The summed E-state index contributed by atoms with van der Waals surface area (Å²) in [5.74, 6) is 0.365. The molecule has 0 saturated carbocycles. The fraction of sp³-hybridized carbons (Fsp3) is 0.444. The number of hydrogen-bond acceptors (Lipinski definition) is 4. The second-order valence-corrected chi connectivity index (χ2v) is 5.90. The molecule has 0 atom stereocenters. The van der Waals surface area contributed by atoms with Gasteiger partial charge in [0.2, 0.25) is 0 Å². The van der Waals surface area contributed by atoms with Crippen molar-refractivity contribution in [2.75, 3.05) is 46.4 Å². The number of rotatable bonds is 5. The molecule has 1 fully saturated rings. The van der Waals surface area contributed by atoms with E-state index in [2.05, 4.69) is 21.9 Å². The molecule has 2 aromatic carbocycles. The van der Waals surface area contributed by atoms with Crippen molar-refractivity contribution < 1.29 is 9.84 Å². The Morgan fingerprint density at radius 2 is 1.64 bits per heavy atom. The molecule has 1 saturated heterocycles. The number of methoxy groups -OCH3 is 1. The van der Waals surface area contributed by atoms with E-state index >= 15 is 0 Å². The maximum Gasteiger partial charge on any atom is 0.123 e. The Balaban J connectivity index is 1.66. The molecule has 3 rings (SSSR count). The number of fused-ring (bicyclic) bond motifs is 1. The Morgan fingerprint density at radius 3 is 2.36 bits per heavy atom. The maximum absolute atomic E-state index is 9.99. The van der Waals surface area contributed by atoms with Crippen molar-refractivity contribution in [1.29, 1.82) is 0 Å². The molecule has 4 nitrogen and oxygen atoms in total. The van der Waals surface area contributed by atoms with Gasteiger partial charge in [-0.05, 0) is 17.0 Å². The SMILES string of the molecule is COCCN1CCN(Cc2ccc(O)c3ccccc23)CC1. The van der Waals surface area contributed by atoms with Crippen LogP contribution in [0, 0.1) is 0 Å². The van der Waals surface area contributed by atoms with Gasteiger partial charge in [-0.3, -0.25) is 9.80 Å². The van der Waals surface area contributed by atoms with Crippen LogP contribution in [0.4, 0.5) is 0 Å². The van der Waals surface area contributed by atoms with E-state index in [0.29, 0.717) is 5.75 Å². The van der Waals surface area contributed by atoms with Crippen LogP contribution in [-0.2, 0) is 11.3 Å². The van der Waals surface area contributed by atoms with Gasteiger partial charge in [-0.1, -0.05) is 30.3 Å². The second kappa shape index (κ2) is 7.09. The molecule has 118 valence electrons. The number of phenols is 1. The fourth-order valence-corrected chi connectivity index (χ4v) is 3.12. The van der Waals surface area contributed by atoms with Crippen molar-refractivity contribution >= 4 is 10.8 Å². The van der Waals surface area contributed by atoms with Gasteiger partial charge in [-0.15, -0.1) is 0 Å². The number of piperazine rings is 1. The third-order valence-electron chi connectivity index (χ3n) is 4.46. The molecule has 0 radical (unpaired) electrons. The highest BCUT2D eigenvalue weighted by molar-refractivity contribution is 5.90. The molecular weight excluding hydrogens is 276 g/mol. The third kappa shape index (κ3) is 3.40. The predicted molar refractivity (Wildman–Crippen MR) is 89.2 cm³/mol. The van der Waals surface area contributed by atoms with Gasteiger partial charge >= 0.3 is 0 Å². The van der Waals surface area contributed by atoms with Gasteiger partial charge in [0.1, 0.15) is 5.75 Å². The molecule has 0 unspecified atom stereocenters. The molecule has 4 heteroatoms. The summed E-state index contributed by atoms with van der Waals surface area (Å²) < 4.78 is 5.15. The minimum atomic E-state index is 0.365. The van der Waals surface area contributed by atoms with Gasteiger partial charge in [0, 0.05) is 51.8 Å². The number of aromatic hydroxyl groups is 1. The van der Waals surface area contributed by atoms with E-state index in [4.69, 9.17) is 4.74 Å². The quantitative estimate of drug-likeness (QED) is 0.919. The molecule has 1 N–H and O–H groups in total. The van der Waals surface area contributed by atoms with Crippen molar-refractivity contribution in [3.8, 4) is 5.75 Å². The van der Waals surface area contributed by atoms with Crippen molar-refractivity contribution in [1.82, 2.24) is 9.80 Å². The molecular formula is C18H24N2O2. The first-order chi connectivity index (χ1) is 10.8. The van der Waals surface area contributed by atoms with E-state index in [1.807, 2.05) is 24.3 Å². The standard InChI is InChI=1S/C18H24N2O2/c1-22-13-12-19-8-10-20(11-9-19)14-15-6-7-18(21)17-5-3-2-4-16(15)17/h2-7,21H,8-14H2,1H3.